The van der Waals surface area contributed by atoms with Gasteiger partial charge >= 0.3 is 18.0 Å². The van der Waals surface area contributed by atoms with Crippen molar-refractivity contribution in [1.29, 1.82) is 0 Å². The molecule has 0 aliphatic carbocycles. The number of halogens is 1. The Morgan fingerprint density at radius 3 is 2.37 bits per heavy atom. The van der Waals surface area contributed by atoms with Gasteiger partial charge in [0.1, 0.15) is 11.3 Å². The topological polar surface area (TPSA) is 298 Å². The molecule has 2 aliphatic rings. The Balaban J connectivity index is 1.53. The van der Waals surface area contributed by atoms with E-state index in [1.807, 2.05) is 0 Å². The van der Waals surface area contributed by atoms with Gasteiger partial charge in [0.05, 0.1) is 22.9 Å². The minimum atomic E-state index is -1.82. The van der Waals surface area contributed by atoms with E-state index in [0.29, 0.717) is 4.90 Å². The Morgan fingerprint density at radius 1 is 1.15 bits per heavy atom. The summed E-state index contributed by atoms with van der Waals surface area (Å²) in [5, 5.41) is 47.1. The Labute approximate surface area is 324 Å². The van der Waals surface area contributed by atoms with E-state index in [-0.39, 0.29) is 34.4 Å². The lowest BCUT2D eigenvalue weighted by atomic mass is 9.90. The monoisotopic (exact) mass is 829 g/mol. The maximum Gasteiger partial charge on any atom is 0.417 e. The number of rotatable bonds is 14. The SMILES string of the molecule is CC(C)(C)OC(=O)N(CCS[C@]1(C(=O)O)CN2C(=O)[C@@H](CC(=O)/C(=N\OC(C)(C)C(=O)O)c3csc(N)n3)[C@H]2S1)C(=O)/C(=N\N)c1ccc(O)c(O)c1Cl. The third-order valence-electron chi connectivity index (χ3n) is 7.77. The first-order chi connectivity index (χ1) is 25.0. The zero-order valence-electron chi connectivity index (χ0n) is 29.3. The van der Waals surface area contributed by atoms with Crippen LogP contribution in [0.5, 0.6) is 11.5 Å². The summed E-state index contributed by atoms with van der Waals surface area (Å²) in [7, 11) is 0. The second-order valence-corrected chi connectivity index (χ2v) is 17.6. The molecule has 4 rings (SSSR count). The second kappa shape index (κ2) is 15.9. The van der Waals surface area contributed by atoms with Gasteiger partial charge in [-0.2, -0.15) is 5.10 Å². The molecule has 23 heteroatoms. The molecule has 2 aliphatic heterocycles. The van der Waals surface area contributed by atoms with Crippen molar-refractivity contribution in [2.45, 2.75) is 61.7 Å². The third kappa shape index (κ3) is 8.77. The largest absolute Gasteiger partial charge is 0.504 e. The molecule has 3 amide bonds. The fourth-order valence-corrected chi connectivity index (χ4v) is 8.90. The molecule has 0 spiro atoms. The van der Waals surface area contributed by atoms with Crippen molar-refractivity contribution in [3.8, 4) is 11.5 Å². The molecule has 3 atom stereocenters. The number of Topliss-reactive ketones (excluding diaryl/α,β-unsaturated/α-hetero) is 1. The first kappa shape index (κ1) is 41.9. The number of β-lactam (4-membered cyclic amide) rings is 1. The van der Waals surface area contributed by atoms with Crippen molar-refractivity contribution in [3.05, 3.63) is 33.8 Å². The number of carbonyl (C=O) groups excluding carboxylic acids is 4. The van der Waals surface area contributed by atoms with Crippen LogP contribution in [0.25, 0.3) is 0 Å². The minimum Gasteiger partial charge on any atom is -0.504 e. The number of hydrogen-bond donors (Lipinski definition) is 6. The van der Waals surface area contributed by atoms with Gasteiger partial charge in [0, 0.05) is 29.7 Å². The molecule has 2 fully saturated rings. The number of nitrogen functional groups attached to an aromatic ring is 1. The Hall–Kier alpha value is -4.80. The smallest absolute Gasteiger partial charge is 0.417 e. The highest BCUT2D eigenvalue weighted by Crippen LogP contribution is 2.55. The maximum atomic E-state index is 13.7. The number of anilines is 1. The number of aromatic hydroxyl groups is 2. The average molecular weight is 830 g/mol. The van der Waals surface area contributed by atoms with Crippen LogP contribution in [0.1, 0.15) is 52.3 Å². The van der Waals surface area contributed by atoms with Gasteiger partial charge in [-0.05, 0) is 46.8 Å². The number of nitrogens with zero attached hydrogens (tertiary/aromatic N) is 5. The molecule has 0 unspecified atom stereocenters. The number of benzene rings is 1. The molecule has 0 radical (unpaired) electrons. The van der Waals surface area contributed by atoms with Crippen molar-refractivity contribution in [3.63, 3.8) is 0 Å². The second-order valence-electron chi connectivity index (χ2n) is 13.2. The number of imide groups is 1. The standard InChI is InChI=1S/C31H36ClN7O12S3/c1-29(2,3)50-28(49)38(23(44)19(36-34)13-6-7-16(40)21(42)18(13)32)8-9-53-31(26(47)48)12-39-22(43)14(24(39)54-31)10-17(41)20(15-11-52-27(33)35-15)37-51-30(4,5)25(45)46/h6-7,11,14,24,40,42H,8-10,12,34H2,1-5H3,(H2,33,35)(H,45,46)(H,47,48)/b36-19-,37-20-/t14-,24-,31-/m1/s1. The first-order valence-electron chi connectivity index (χ1n) is 15.7. The number of hydrogen-bond acceptors (Lipinski definition) is 18. The summed E-state index contributed by atoms with van der Waals surface area (Å²) < 4.78 is 3.70. The molecule has 3 heterocycles. The van der Waals surface area contributed by atoms with Crippen molar-refractivity contribution < 1.29 is 58.8 Å². The van der Waals surface area contributed by atoms with E-state index in [1.165, 1.54) is 24.1 Å². The molecule has 1 aromatic heterocycles. The van der Waals surface area contributed by atoms with E-state index in [9.17, 15) is 49.2 Å². The van der Waals surface area contributed by atoms with Gasteiger partial charge < -0.3 is 46.5 Å². The van der Waals surface area contributed by atoms with Gasteiger partial charge in [-0.3, -0.25) is 14.4 Å². The van der Waals surface area contributed by atoms with E-state index < -0.39 is 97.4 Å². The lowest BCUT2D eigenvalue weighted by Crippen LogP contribution is -2.57. The van der Waals surface area contributed by atoms with Crippen LogP contribution >= 0.6 is 46.5 Å². The maximum absolute atomic E-state index is 13.7. The fraction of sp³-hybridized carbons (Fsp3) is 0.452. The predicted octanol–water partition coefficient (Wildman–Crippen LogP) is 2.51. The molecule has 292 valence electrons. The highest BCUT2D eigenvalue weighted by atomic mass is 35.5. The van der Waals surface area contributed by atoms with E-state index in [4.69, 9.17) is 32.8 Å². The summed E-state index contributed by atoms with van der Waals surface area (Å²) in [4.78, 5) is 89.2. The predicted molar refractivity (Wildman–Crippen MR) is 198 cm³/mol. The fourth-order valence-electron chi connectivity index (χ4n) is 4.94. The molecule has 8 N–H and O–H groups in total. The lowest BCUT2D eigenvalue weighted by Gasteiger charge is -2.41. The number of amides is 3. The number of fused-ring (bicyclic) bond motifs is 1. The molecule has 19 nitrogen and oxygen atoms in total. The van der Waals surface area contributed by atoms with Crippen LogP contribution in [0.4, 0.5) is 9.93 Å². The van der Waals surface area contributed by atoms with E-state index >= 15 is 0 Å². The zero-order valence-corrected chi connectivity index (χ0v) is 32.5. The van der Waals surface area contributed by atoms with Crippen LogP contribution in [-0.4, -0.2) is 122 Å². The molecule has 54 heavy (non-hydrogen) atoms. The van der Waals surface area contributed by atoms with Gasteiger partial charge in [0.25, 0.3) is 5.91 Å². The Kier molecular flexibility index (Phi) is 12.3. The number of thiazole rings is 1. The lowest BCUT2D eigenvalue weighted by molar-refractivity contribution is -0.161. The Bertz CT molecular complexity index is 1950. The molecular weight excluding hydrogens is 794 g/mol. The summed E-state index contributed by atoms with van der Waals surface area (Å²) in [5.41, 5.74) is 1.64. The van der Waals surface area contributed by atoms with Crippen molar-refractivity contribution >= 4 is 98.6 Å². The van der Waals surface area contributed by atoms with Crippen molar-refractivity contribution in [2.24, 2.45) is 22.0 Å². The van der Waals surface area contributed by atoms with Gasteiger partial charge in [-0.15, -0.1) is 34.9 Å². The molecular formula is C31H36ClN7O12S3. The van der Waals surface area contributed by atoms with Gasteiger partial charge in [-0.25, -0.2) is 24.3 Å². The molecule has 2 aromatic rings. The van der Waals surface area contributed by atoms with Gasteiger partial charge in [-0.1, -0.05) is 16.8 Å². The number of ketones is 1. The summed E-state index contributed by atoms with van der Waals surface area (Å²) in [6, 6.07) is 2.17. The summed E-state index contributed by atoms with van der Waals surface area (Å²) >= 11 is 8.84. The number of carboxylic acids is 2. The minimum absolute atomic E-state index is 0.00163. The number of aliphatic carboxylic acids is 2. The molecule has 2 saturated heterocycles. The normalized spacial score (nSPS) is 20.2. The van der Waals surface area contributed by atoms with Crippen molar-refractivity contribution in [2.75, 3.05) is 24.6 Å². The zero-order chi connectivity index (χ0) is 40.5. The van der Waals surface area contributed by atoms with Crippen LogP contribution < -0.4 is 11.6 Å². The van der Waals surface area contributed by atoms with Crippen molar-refractivity contribution in [1.82, 2.24) is 14.8 Å². The molecule has 0 saturated carbocycles. The van der Waals surface area contributed by atoms with Crippen LogP contribution in [-0.2, 0) is 33.5 Å². The van der Waals surface area contributed by atoms with E-state index in [0.717, 1.165) is 47.0 Å². The number of ether oxygens (including phenoxy) is 1. The number of nitrogens with two attached hydrogens (primary N) is 2. The van der Waals surface area contributed by atoms with Crippen LogP contribution in [0.2, 0.25) is 5.02 Å². The Morgan fingerprint density at radius 2 is 1.81 bits per heavy atom. The van der Waals surface area contributed by atoms with E-state index in [1.54, 1.807) is 20.8 Å². The number of phenolic OH excluding ortho intramolecular Hbond substituents is 2. The number of thioether (sulfide) groups is 2. The van der Waals surface area contributed by atoms with Crippen LogP contribution in [0.15, 0.2) is 27.8 Å². The quantitative estimate of drug-likeness (QED) is 0.0524. The molecule has 0 bridgehead atoms. The number of aromatic nitrogens is 1. The van der Waals surface area contributed by atoms with Gasteiger partial charge in [0.2, 0.25) is 11.5 Å². The number of carbonyl (C=O) groups is 6. The first-order valence-corrected chi connectivity index (χ1v) is 18.8. The third-order valence-corrected chi connectivity index (χ3v) is 12.1. The highest BCUT2D eigenvalue weighted by molar-refractivity contribution is 8.20. The summed E-state index contributed by atoms with van der Waals surface area (Å²) in [6.07, 6.45) is -1.58. The number of oxime groups is 1. The van der Waals surface area contributed by atoms with Crippen LogP contribution in [0, 0.1) is 5.92 Å². The van der Waals surface area contributed by atoms with Crippen LogP contribution in [0.3, 0.4) is 0 Å². The number of hydrazone groups is 1. The highest BCUT2D eigenvalue weighted by Gasteiger charge is 2.62. The summed E-state index contributed by atoms with van der Waals surface area (Å²) in [6.45, 7) is 6.35. The molecule has 1 aromatic carbocycles. The average Bonchev–Trinajstić information content (AvgIpc) is 3.67. The van der Waals surface area contributed by atoms with Gasteiger partial charge in [0.15, 0.2) is 37.9 Å². The number of carboxylic acid groups (broad SMARTS) is 2. The summed E-state index contributed by atoms with van der Waals surface area (Å²) in [5.74, 6) is -2.09. The number of phenols is 2. The van der Waals surface area contributed by atoms with E-state index in [2.05, 4.69) is 15.2 Å².